The van der Waals surface area contributed by atoms with Crippen LogP contribution in [0.5, 0.6) is 11.5 Å². The first-order valence-electron chi connectivity index (χ1n) is 9.02. The van der Waals surface area contributed by atoms with Gasteiger partial charge < -0.3 is 19.5 Å². The van der Waals surface area contributed by atoms with Crippen LogP contribution in [0, 0.1) is 0 Å². The lowest BCUT2D eigenvalue weighted by atomic mass is 10.0. The Morgan fingerprint density at radius 3 is 2.71 bits per heavy atom. The molecule has 3 rings (SSSR count). The summed E-state index contributed by atoms with van der Waals surface area (Å²) in [6.45, 7) is 5.04. The minimum Gasteiger partial charge on any atom is -0.497 e. The van der Waals surface area contributed by atoms with E-state index in [-0.39, 0.29) is 17.5 Å². The van der Waals surface area contributed by atoms with E-state index in [2.05, 4.69) is 11.7 Å². The molecule has 1 N–H and O–H groups in total. The average Bonchev–Trinajstić information content (AvgIpc) is 3.22. The van der Waals surface area contributed by atoms with Crippen molar-refractivity contribution in [3.05, 3.63) is 54.4 Å². The Hall–Kier alpha value is -3.29. The first-order chi connectivity index (χ1) is 13.5. The number of amides is 1. The van der Waals surface area contributed by atoms with Gasteiger partial charge in [0.2, 0.25) is 0 Å². The Kier molecular flexibility index (Phi) is 5.98. The van der Waals surface area contributed by atoms with E-state index in [4.69, 9.17) is 14.6 Å². The van der Waals surface area contributed by atoms with Gasteiger partial charge in [-0.1, -0.05) is 12.7 Å². The number of piperidine rings is 1. The van der Waals surface area contributed by atoms with Crippen molar-refractivity contribution in [2.75, 3.05) is 26.8 Å². The van der Waals surface area contributed by atoms with Gasteiger partial charge in [0.05, 0.1) is 30.5 Å². The maximum Gasteiger partial charge on any atom is 0.338 e. The Morgan fingerprint density at radius 2 is 2.11 bits per heavy atom. The second-order valence-corrected chi connectivity index (χ2v) is 6.50. The summed E-state index contributed by atoms with van der Waals surface area (Å²) in [5.74, 6) is -0.0240. The third-order valence-electron chi connectivity index (χ3n) is 4.75. The van der Waals surface area contributed by atoms with Crippen molar-refractivity contribution >= 4 is 11.9 Å². The molecule has 148 valence electrons. The summed E-state index contributed by atoms with van der Waals surface area (Å²) in [7, 11) is 1.56. The van der Waals surface area contributed by atoms with Gasteiger partial charge in [-0.15, -0.1) is 0 Å². The van der Waals surface area contributed by atoms with Crippen LogP contribution in [-0.4, -0.2) is 58.5 Å². The molecule has 8 heteroatoms. The number of carboxylic acids is 1. The Bertz CT molecular complexity index is 868. The van der Waals surface area contributed by atoms with Gasteiger partial charge in [-0.05, 0) is 25.0 Å². The van der Waals surface area contributed by atoms with Crippen LogP contribution in [0.3, 0.4) is 0 Å². The molecule has 1 aromatic carbocycles. The number of hydrogen-bond acceptors (Lipinski definition) is 5. The fourth-order valence-electron chi connectivity index (χ4n) is 3.23. The van der Waals surface area contributed by atoms with Gasteiger partial charge in [0.1, 0.15) is 18.1 Å². The van der Waals surface area contributed by atoms with Crippen LogP contribution in [0.25, 0.3) is 0 Å². The number of benzene rings is 1. The van der Waals surface area contributed by atoms with E-state index >= 15 is 0 Å². The highest BCUT2D eigenvalue weighted by atomic mass is 16.5. The minimum absolute atomic E-state index is 0.0736. The second kappa shape index (κ2) is 8.60. The second-order valence-electron chi connectivity index (χ2n) is 6.50. The van der Waals surface area contributed by atoms with Crippen LogP contribution in [0.1, 0.15) is 39.6 Å². The van der Waals surface area contributed by atoms with E-state index < -0.39 is 5.97 Å². The number of aromatic carboxylic acids is 1. The molecule has 28 heavy (non-hydrogen) atoms. The van der Waals surface area contributed by atoms with E-state index in [1.54, 1.807) is 41.0 Å². The fourth-order valence-corrected chi connectivity index (χ4v) is 3.23. The summed E-state index contributed by atoms with van der Waals surface area (Å²) < 4.78 is 12.5. The van der Waals surface area contributed by atoms with Crippen LogP contribution in [0.4, 0.5) is 0 Å². The first kappa shape index (κ1) is 19.5. The number of likely N-dealkylation sites (tertiary alicyclic amines) is 1. The maximum absolute atomic E-state index is 13.0. The van der Waals surface area contributed by atoms with Crippen molar-refractivity contribution in [2.24, 2.45) is 0 Å². The van der Waals surface area contributed by atoms with Crippen LogP contribution in [0.2, 0.25) is 0 Å². The lowest BCUT2D eigenvalue weighted by molar-refractivity contribution is 0.0684. The normalized spacial score (nSPS) is 14.5. The molecule has 0 bridgehead atoms. The smallest absolute Gasteiger partial charge is 0.338 e. The molecule has 0 aliphatic carbocycles. The molecule has 0 atom stereocenters. The Morgan fingerprint density at radius 1 is 1.36 bits per heavy atom. The van der Waals surface area contributed by atoms with Crippen LogP contribution in [0.15, 0.2) is 43.2 Å². The largest absolute Gasteiger partial charge is 0.497 e. The SMILES string of the molecule is C=CCOc1cc(OC)ccc1C(=O)N1CCC(n2cc(C(=O)O)cn2)CC1. The van der Waals surface area contributed by atoms with Gasteiger partial charge >= 0.3 is 5.97 Å². The average molecular weight is 385 g/mol. The molecule has 0 saturated carbocycles. The van der Waals surface area contributed by atoms with Gasteiger partial charge in [-0.3, -0.25) is 9.48 Å². The van der Waals surface area contributed by atoms with Gasteiger partial charge in [0, 0.05) is 25.4 Å². The standard InChI is InChI=1S/C20H23N3O5/c1-3-10-28-18-11-16(27-2)4-5-17(18)19(24)22-8-6-15(7-9-22)23-13-14(12-21-23)20(25)26/h3-5,11-13,15H,1,6-10H2,2H3,(H,25,26). The first-order valence-corrected chi connectivity index (χ1v) is 9.02. The minimum atomic E-state index is -0.995. The van der Waals surface area contributed by atoms with Crippen molar-refractivity contribution in [2.45, 2.75) is 18.9 Å². The Labute approximate surface area is 163 Å². The summed E-state index contributed by atoms with van der Waals surface area (Å²) in [5, 5.41) is 13.2. The van der Waals surface area contributed by atoms with Gasteiger partial charge in [-0.25, -0.2) is 4.79 Å². The maximum atomic E-state index is 13.0. The van der Waals surface area contributed by atoms with E-state index in [1.807, 2.05) is 0 Å². The molecule has 1 saturated heterocycles. The van der Waals surface area contributed by atoms with Gasteiger partial charge in [0.25, 0.3) is 5.91 Å². The van der Waals surface area contributed by atoms with Gasteiger partial charge in [-0.2, -0.15) is 5.10 Å². The molecule has 1 fully saturated rings. The Balaban J connectivity index is 1.69. The topological polar surface area (TPSA) is 93.9 Å². The molecule has 1 amide bonds. The summed E-state index contributed by atoms with van der Waals surface area (Å²) in [5.41, 5.74) is 0.647. The zero-order valence-corrected chi connectivity index (χ0v) is 15.7. The molecule has 1 aromatic heterocycles. The third-order valence-corrected chi connectivity index (χ3v) is 4.75. The number of ether oxygens (including phenoxy) is 2. The highest BCUT2D eigenvalue weighted by molar-refractivity contribution is 5.97. The lowest BCUT2D eigenvalue weighted by Gasteiger charge is -2.32. The van der Waals surface area contributed by atoms with E-state index in [9.17, 15) is 9.59 Å². The fraction of sp³-hybridized carbons (Fsp3) is 0.350. The molecule has 0 spiro atoms. The molecular formula is C20H23N3O5. The number of methoxy groups -OCH3 is 1. The van der Waals surface area contributed by atoms with E-state index in [1.165, 1.54) is 12.4 Å². The number of carbonyl (C=O) groups is 2. The molecule has 8 nitrogen and oxygen atoms in total. The summed E-state index contributed by atoms with van der Waals surface area (Å²) in [6.07, 6.45) is 5.90. The van der Waals surface area contributed by atoms with Crippen LogP contribution < -0.4 is 9.47 Å². The molecule has 1 aliphatic heterocycles. The van der Waals surface area contributed by atoms with Gasteiger partial charge in [0.15, 0.2) is 0 Å². The lowest BCUT2D eigenvalue weighted by Crippen LogP contribution is -2.39. The number of aromatic nitrogens is 2. The van der Waals surface area contributed by atoms with E-state index in [0.29, 0.717) is 49.6 Å². The van der Waals surface area contributed by atoms with Crippen molar-refractivity contribution in [3.63, 3.8) is 0 Å². The highest BCUT2D eigenvalue weighted by Gasteiger charge is 2.27. The number of nitrogens with zero attached hydrogens (tertiary/aromatic N) is 3. The summed E-state index contributed by atoms with van der Waals surface area (Å²) in [6, 6.07) is 5.21. The summed E-state index contributed by atoms with van der Waals surface area (Å²) in [4.78, 5) is 25.8. The summed E-state index contributed by atoms with van der Waals surface area (Å²) >= 11 is 0. The van der Waals surface area contributed by atoms with Crippen molar-refractivity contribution in [1.29, 1.82) is 0 Å². The monoisotopic (exact) mass is 385 g/mol. The zero-order chi connectivity index (χ0) is 20.1. The predicted molar refractivity (Wildman–Crippen MR) is 102 cm³/mol. The van der Waals surface area contributed by atoms with Crippen molar-refractivity contribution < 1.29 is 24.2 Å². The molecular weight excluding hydrogens is 362 g/mol. The van der Waals surface area contributed by atoms with Crippen molar-refractivity contribution in [3.8, 4) is 11.5 Å². The zero-order valence-electron chi connectivity index (χ0n) is 15.7. The van der Waals surface area contributed by atoms with Crippen LogP contribution in [-0.2, 0) is 0 Å². The molecule has 0 unspecified atom stereocenters. The highest BCUT2D eigenvalue weighted by Crippen LogP contribution is 2.29. The molecule has 2 aromatic rings. The molecule has 1 aliphatic rings. The number of carboxylic acid groups (broad SMARTS) is 1. The quantitative estimate of drug-likeness (QED) is 0.737. The predicted octanol–water partition coefficient (Wildman–Crippen LogP) is 2.63. The van der Waals surface area contributed by atoms with E-state index in [0.717, 1.165) is 0 Å². The van der Waals surface area contributed by atoms with Crippen molar-refractivity contribution in [1.82, 2.24) is 14.7 Å². The number of hydrogen-bond donors (Lipinski definition) is 1. The van der Waals surface area contributed by atoms with Crippen LogP contribution >= 0.6 is 0 Å². The molecule has 0 radical (unpaired) electrons. The number of carbonyl (C=O) groups excluding carboxylic acids is 1. The molecule has 2 heterocycles. The number of rotatable bonds is 7. The third kappa shape index (κ3) is 4.16.